The van der Waals surface area contributed by atoms with Crippen LogP contribution in [0.1, 0.15) is 50.8 Å². The lowest BCUT2D eigenvalue weighted by molar-refractivity contribution is -0.142. The number of hydrogen-bond acceptors (Lipinski definition) is 5. The van der Waals surface area contributed by atoms with E-state index in [1.807, 2.05) is 69.3 Å². The van der Waals surface area contributed by atoms with Gasteiger partial charge in [-0.1, -0.05) is 80.4 Å². The van der Waals surface area contributed by atoms with Crippen molar-refractivity contribution >= 4 is 40.7 Å². The van der Waals surface area contributed by atoms with Crippen LogP contribution < -0.4 is 0 Å². The highest BCUT2D eigenvalue weighted by molar-refractivity contribution is 6.34. The third-order valence-corrected chi connectivity index (χ3v) is 7.44. The van der Waals surface area contributed by atoms with Crippen molar-refractivity contribution in [3.63, 3.8) is 0 Å². The third-order valence-electron chi connectivity index (χ3n) is 6.77. The van der Waals surface area contributed by atoms with Gasteiger partial charge in [-0.15, -0.1) is 0 Å². The van der Waals surface area contributed by atoms with Crippen LogP contribution in [0.3, 0.4) is 0 Å². The van der Waals surface area contributed by atoms with Crippen LogP contribution in [0.4, 0.5) is 0 Å². The number of carbonyl (C=O) groups excluding carboxylic acids is 2. The molecule has 2 aromatic rings. The van der Waals surface area contributed by atoms with E-state index in [4.69, 9.17) is 33.0 Å². The zero-order valence-electron chi connectivity index (χ0n) is 22.3. The van der Waals surface area contributed by atoms with E-state index in [9.17, 15) is 9.59 Å². The van der Waals surface area contributed by atoms with E-state index in [-0.39, 0.29) is 29.8 Å². The van der Waals surface area contributed by atoms with Gasteiger partial charge in [0.15, 0.2) is 0 Å². The summed E-state index contributed by atoms with van der Waals surface area (Å²) in [6.45, 7) is 10.2. The van der Waals surface area contributed by atoms with Crippen LogP contribution in [0.15, 0.2) is 53.6 Å². The maximum absolute atomic E-state index is 13.8. The van der Waals surface area contributed by atoms with E-state index in [0.29, 0.717) is 49.2 Å². The van der Waals surface area contributed by atoms with E-state index in [0.717, 1.165) is 29.9 Å². The van der Waals surface area contributed by atoms with Crippen molar-refractivity contribution in [3.8, 4) is 0 Å². The molecule has 1 atom stereocenters. The highest BCUT2D eigenvalue weighted by atomic mass is 35.5. The molecular weight excluding hydrogens is 523 g/mol. The fourth-order valence-electron chi connectivity index (χ4n) is 4.77. The molecule has 2 aliphatic heterocycles. The maximum Gasteiger partial charge on any atom is 0.262 e. The van der Waals surface area contributed by atoms with E-state index in [1.165, 1.54) is 5.01 Å². The minimum absolute atomic E-state index is 0.0390. The molecule has 2 heterocycles. The van der Waals surface area contributed by atoms with E-state index in [2.05, 4.69) is 4.90 Å². The highest BCUT2D eigenvalue weighted by Gasteiger charge is 2.36. The van der Waals surface area contributed by atoms with Gasteiger partial charge >= 0.3 is 0 Å². The Labute approximate surface area is 235 Å². The Morgan fingerprint density at radius 1 is 1.03 bits per heavy atom. The average molecular weight is 560 g/mol. The molecule has 0 radical (unpaired) electrons. The number of amides is 2. The van der Waals surface area contributed by atoms with Crippen LogP contribution in [-0.4, -0.2) is 78.3 Å². The van der Waals surface area contributed by atoms with Crippen molar-refractivity contribution in [2.24, 2.45) is 10.5 Å². The van der Waals surface area contributed by atoms with Gasteiger partial charge in [0.05, 0.1) is 25.0 Å². The zero-order valence-corrected chi connectivity index (χ0v) is 23.8. The molecule has 0 bridgehead atoms. The second-order valence-electron chi connectivity index (χ2n) is 11.0. The SMILES string of the molecule is CC(C)(C)CC(=O)N(CCN1CCOCC1)CC(=O)N1N=C(c2ccccc2Cl)C[C@H]1c1ccccc1Cl. The molecule has 2 aromatic carbocycles. The molecular formula is C29H36Cl2N4O3. The minimum atomic E-state index is -0.388. The minimum Gasteiger partial charge on any atom is -0.379 e. The molecule has 0 aromatic heterocycles. The summed E-state index contributed by atoms with van der Waals surface area (Å²) in [6.07, 6.45) is 0.828. The van der Waals surface area contributed by atoms with Gasteiger partial charge in [-0.2, -0.15) is 5.10 Å². The maximum atomic E-state index is 13.8. The predicted molar refractivity (Wildman–Crippen MR) is 152 cm³/mol. The molecule has 2 aliphatic rings. The standard InChI is InChI=1S/C29H36Cl2N4O3/c1-29(2,3)19-27(36)34(13-12-33-14-16-38-17-15-33)20-28(37)35-26(22-9-5-7-11-24(22)31)18-25(32-35)21-8-4-6-10-23(21)30/h4-11,26H,12-20H2,1-3H3/t26-/m0/s1. The monoisotopic (exact) mass is 558 g/mol. The summed E-state index contributed by atoms with van der Waals surface area (Å²) in [7, 11) is 0. The molecule has 0 aliphatic carbocycles. The summed E-state index contributed by atoms with van der Waals surface area (Å²) < 4.78 is 5.45. The molecule has 9 heteroatoms. The normalized spacial score (nSPS) is 18.4. The number of ether oxygens (including phenoxy) is 1. The smallest absolute Gasteiger partial charge is 0.262 e. The van der Waals surface area contributed by atoms with Gasteiger partial charge in [0.2, 0.25) is 5.91 Å². The van der Waals surface area contributed by atoms with E-state index < -0.39 is 0 Å². The Hall–Kier alpha value is -2.45. The van der Waals surface area contributed by atoms with Crippen molar-refractivity contribution in [2.45, 2.75) is 39.7 Å². The van der Waals surface area contributed by atoms with Crippen molar-refractivity contribution < 1.29 is 14.3 Å². The average Bonchev–Trinajstić information content (AvgIpc) is 3.31. The zero-order chi connectivity index (χ0) is 27.3. The predicted octanol–water partition coefficient (Wildman–Crippen LogP) is 5.27. The Morgan fingerprint density at radius 2 is 1.68 bits per heavy atom. The fourth-order valence-corrected chi connectivity index (χ4v) is 5.27. The summed E-state index contributed by atoms with van der Waals surface area (Å²) in [5, 5.41) is 7.38. The van der Waals surface area contributed by atoms with Crippen LogP contribution in [-0.2, 0) is 14.3 Å². The number of rotatable bonds is 8. The van der Waals surface area contributed by atoms with Gasteiger partial charge in [-0.25, -0.2) is 5.01 Å². The lowest BCUT2D eigenvalue weighted by atomic mass is 9.91. The lowest BCUT2D eigenvalue weighted by Gasteiger charge is -2.32. The number of nitrogens with zero attached hydrogens (tertiary/aromatic N) is 4. The largest absolute Gasteiger partial charge is 0.379 e. The van der Waals surface area contributed by atoms with Crippen LogP contribution in [0.2, 0.25) is 10.0 Å². The van der Waals surface area contributed by atoms with E-state index >= 15 is 0 Å². The molecule has 0 unspecified atom stereocenters. The van der Waals surface area contributed by atoms with Gasteiger partial charge in [-0.05, 0) is 23.1 Å². The topological polar surface area (TPSA) is 65.5 Å². The van der Waals surface area contributed by atoms with Gasteiger partial charge in [0.25, 0.3) is 5.91 Å². The molecule has 4 rings (SSSR count). The fraction of sp³-hybridized carbons (Fsp3) is 0.483. The second kappa shape index (κ2) is 12.6. The number of hydrogen-bond donors (Lipinski definition) is 0. The molecule has 1 fully saturated rings. The van der Waals surface area contributed by atoms with Crippen molar-refractivity contribution in [1.29, 1.82) is 0 Å². The Kier molecular flexibility index (Phi) is 9.47. The lowest BCUT2D eigenvalue weighted by Crippen LogP contribution is -2.47. The summed E-state index contributed by atoms with van der Waals surface area (Å²) in [5.41, 5.74) is 2.12. The number of carbonyl (C=O) groups is 2. The molecule has 2 amide bonds. The number of benzene rings is 2. The molecule has 0 saturated carbocycles. The Bertz CT molecular complexity index is 1170. The molecule has 0 N–H and O–H groups in total. The summed E-state index contributed by atoms with van der Waals surface area (Å²) in [6, 6.07) is 14.6. The van der Waals surface area contributed by atoms with Crippen LogP contribution in [0.5, 0.6) is 0 Å². The van der Waals surface area contributed by atoms with Gasteiger partial charge in [0, 0.05) is 54.6 Å². The highest BCUT2D eigenvalue weighted by Crippen LogP contribution is 2.37. The Balaban J connectivity index is 1.59. The first-order chi connectivity index (χ1) is 18.1. The van der Waals surface area contributed by atoms with E-state index in [1.54, 1.807) is 4.90 Å². The summed E-state index contributed by atoms with van der Waals surface area (Å²) in [5.74, 6) is -0.288. The number of morpholine rings is 1. The van der Waals surface area contributed by atoms with Gasteiger partial charge in [0.1, 0.15) is 6.54 Å². The first-order valence-corrected chi connectivity index (χ1v) is 13.8. The molecule has 204 valence electrons. The van der Waals surface area contributed by atoms with Crippen LogP contribution in [0.25, 0.3) is 0 Å². The molecule has 1 saturated heterocycles. The number of hydrazone groups is 1. The van der Waals surface area contributed by atoms with Crippen LogP contribution >= 0.6 is 23.2 Å². The van der Waals surface area contributed by atoms with Crippen molar-refractivity contribution in [2.75, 3.05) is 45.9 Å². The summed E-state index contributed by atoms with van der Waals surface area (Å²) >= 11 is 13.1. The molecule has 0 spiro atoms. The summed E-state index contributed by atoms with van der Waals surface area (Å²) in [4.78, 5) is 31.1. The van der Waals surface area contributed by atoms with Crippen molar-refractivity contribution in [1.82, 2.24) is 14.8 Å². The second-order valence-corrected chi connectivity index (χ2v) is 11.8. The first kappa shape index (κ1) is 28.6. The third kappa shape index (κ3) is 7.35. The molecule has 38 heavy (non-hydrogen) atoms. The first-order valence-electron chi connectivity index (χ1n) is 13.1. The molecule has 7 nitrogen and oxygen atoms in total. The van der Waals surface area contributed by atoms with Gasteiger partial charge < -0.3 is 9.64 Å². The van der Waals surface area contributed by atoms with Crippen LogP contribution in [0, 0.1) is 5.41 Å². The van der Waals surface area contributed by atoms with Crippen molar-refractivity contribution in [3.05, 3.63) is 69.7 Å². The Morgan fingerprint density at radius 3 is 2.34 bits per heavy atom. The van der Waals surface area contributed by atoms with Gasteiger partial charge in [-0.3, -0.25) is 14.5 Å². The number of halogens is 2. The quantitative estimate of drug-likeness (QED) is 0.442.